The molecule has 0 aliphatic rings. The summed E-state index contributed by atoms with van der Waals surface area (Å²) in [6.07, 6.45) is 5.74. The van der Waals surface area contributed by atoms with Crippen LogP contribution in [0.5, 0.6) is 0 Å². The number of hydrogen-bond acceptors (Lipinski definition) is 4. The molecule has 0 saturated carbocycles. The van der Waals surface area contributed by atoms with Crippen LogP contribution in [0.2, 0.25) is 0 Å². The molecule has 19 heavy (non-hydrogen) atoms. The second kappa shape index (κ2) is 5.65. The topological polar surface area (TPSA) is 63.8 Å². The van der Waals surface area contributed by atoms with E-state index < -0.39 is 0 Å². The molecule has 4 nitrogen and oxygen atoms in total. The highest BCUT2D eigenvalue weighted by Crippen LogP contribution is 2.23. The molecule has 0 radical (unpaired) electrons. The van der Waals surface area contributed by atoms with Gasteiger partial charge in [0.25, 0.3) is 0 Å². The van der Waals surface area contributed by atoms with E-state index in [1.54, 1.807) is 18.6 Å². The Labute approximate surface area is 111 Å². The Kier molecular flexibility index (Phi) is 3.94. The van der Waals surface area contributed by atoms with Crippen molar-refractivity contribution in [1.29, 1.82) is 0 Å². The van der Waals surface area contributed by atoms with Crippen LogP contribution in [0.15, 0.2) is 30.7 Å². The third-order valence-corrected chi connectivity index (χ3v) is 2.95. The molecule has 0 aliphatic carbocycles. The average Bonchev–Trinajstić information content (AvgIpc) is 2.36. The van der Waals surface area contributed by atoms with Gasteiger partial charge in [0.05, 0.1) is 5.69 Å². The van der Waals surface area contributed by atoms with Crippen LogP contribution in [-0.4, -0.2) is 16.0 Å². The van der Waals surface area contributed by atoms with Crippen molar-refractivity contribution in [3.05, 3.63) is 47.8 Å². The largest absolute Gasteiger partial charge is 0.398 e. The Hall–Kier alpha value is -2.17. The number of nitrogens with zero attached hydrogens (tertiary/aromatic N) is 2. The zero-order chi connectivity index (χ0) is 13.8. The Balaban J connectivity index is 2.09. The smallest absolute Gasteiger partial charge is 0.127 e. The fraction of sp³-hybridized carbons (Fsp3) is 0.286. The summed E-state index contributed by atoms with van der Waals surface area (Å²) in [5.74, 6) is -0.336. The predicted molar refractivity (Wildman–Crippen MR) is 74.4 cm³/mol. The molecule has 3 N–H and O–H groups in total. The third kappa shape index (κ3) is 3.40. The number of nitrogen functional groups attached to an aromatic ring is 1. The average molecular weight is 260 g/mol. The summed E-state index contributed by atoms with van der Waals surface area (Å²) in [7, 11) is 0. The van der Waals surface area contributed by atoms with Crippen molar-refractivity contribution >= 4 is 11.4 Å². The molecule has 1 aromatic carbocycles. The Morgan fingerprint density at radius 1 is 1.37 bits per heavy atom. The highest BCUT2D eigenvalue weighted by Gasteiger charge is 2.09. The molecule has 0 bridgehead atoms. The van der Waals surface area contributed by atoms with Crippen LogP contribution in [0.25, 0.3) is 0 Å². The number of hydrogen-bond donors (Lipinski definition) is 2. The van der Waals surface area contributed by atoms with Gasteiger partial charge in [-0.1, -0.05) is 0 Å². The molecular formula is C14H17FN4. The standard InChI is InChI=1S/C14H17FN4/c1-9(5-12-8-17-3-4-18-12)19-14-7-11(15)6-13(16)10(14)2/h3-4,6-9,19H,5,16H2,1-2H3. The van der Waals surface area contributed by atoms with Crippen LogP contribution in [0, 0.1) is 12.7 Å². The van der Waals surface area contributed by atoms with E-state index in [1.807, 2.05) is 13.8 Å². The minimum atomic E-state index is -0.336. The summed E-state index contributed by atoms with van der Waals surface area (Å²) < 4.78 is 13.3. The molecule has 1 aromatic heterocycles. The van der Waals surface area contributed by atoms with Gasteiger partial charge in [0.2, 0.25) is 0 Å². The summed E-state index contributed by atoms with van der Waals surface area (Å²) in [5.41, 5.74) is 8.66. The first-order valence-electron chi connectivity index (χ1n) is 6.13. The predicted octanol–water partition coefficient (Wildman–Crippen LogP) is 2.55. The summed E-state index contributed by atoms with van der Waals surface area (Å²) in [6.45, 7) is 3.88. The Morgan fingerprint density at radius 2 is 2.16 bits per heavy atom. The van der Waals surface area contributed by atoms with E-state index in [0.29, 0.717) is 17.8 Å². The quantitative estimate of drug-likeness (QED) is 0.829. The van der Waals surface area contributed by atoms with E-state index in [-0.39, 0.29) is 11.9 Å². The third-order valence-electron chi connectivity index (χ3n) is 2.95. The number of nitrogens with one attached hydrogen (secondary N) is 1. The van der Waals surface area contributed by atoms with Crippen LogP contribution >= 0.6 is 0 Å². The monoisotopic (exact) mass is 260 g/mol. The molecule has 0 saturated heterocycles. The number of halogens is 1. The van der Waals surface area contributed by atoms with E-state index >= 15 is 0 Å². The second-order valence-corrected chi connectivity index (χ2v) is 4.61. The number of aromatic nitrogens is 2. The van der Waals surface area contributed by atoms with Crippen LogP contribution in [0.4, 0.5) is 15.8 Å². The molecule has 0 aliphatic heterocycles. The first kappa shape index (κ1) is 13.3. The van der Waals surface area contributed by atoms with Gasteiger partial charge >= 0.3 is 0 Å². The van der Waals surface area contributed by atoms with Crippen molar-refractivity contribution in [3.8, 4) is 0 Å². The van der Waals surface area contributed by atoms with E-state index in [9.17, 15) is 4.39 Å². The van der Waals surface area contributed by atoms with Crippen LogP contribution in [-0.2, 0) is 6.42 Å². The number of anilines is 2. The fourth-order valence-corrected chi connectivity index (χ4v) is 1.92. The van der Waals surface area contributed by atoms with Crippen LogP contribution in [0.3, 0.4) is 0 Å². The van der Waals surface area contributed by atoms with Crippen molar-refractivity contribution in [1.82, 2.24) is 9.97 Å². The molecule has 0 amide bonds. The maximum atomic E-state index is 13.3. The SMILES string of the molecule is Cc1c(N)cc(F)cc1NC(C)Cc1cnccn1. The maximum absolute atomic E-state index is 13.3. The lowest BCUT2D eigenvalue weighted by molar-refractivity contribution is 0.628. The van der Waals surface area contributed by atoms with Gasteiger partial charge in [-0.2, -0.15) is 0 Å². The lowest BCUT2D eigenvalue weighted by atomic mass is 10.1. The molecule has 2 aromatic rings. The summed E-state index contributed by atoms with van der Waals surface area (Å²) >= 11 is 0. The maximum Gasteiger partial charge on any atom is 0.127 e. The first-order chi connectivity index (χ1) is 9.06. The molecule has 1 atom stereocenters. The van der Waals surface area contributed by atoms with Gasteiger partial charge < -0.3 is 11.1 Å². The molecular weight excluding hydrogens is 243 g/mol. The number of benzene rings is 1. The van der Waals surface area contributed by atoms with Crippen molar-refractivity contribution in [2.75, 3.05) is 11.1 Å². The summed E-state index contributed by atoms with van der Waals surface area (Å²) in [4.78, 5) is 8.24. The molecule has 5 heteroatoms. The highest BCUT2D eigenvalue weighted by molar-refractivity contribution is 5.63. The van der Waals surface area contributed by atoms with Crippen molar-refractivity contribution in [2.45, 2.75) is 26.3 Å². The molecule has 100 valence electrons. The fourth-order valence-electron chi connectivity index (χ4n) is 1.92. The van der Waals surface area contributed by atoms with E-state index in [4.69, 9.17) is 5.73 Å². The molecule has 2 rings (SSSR count). The van der Waals surface area contributed by atoms with Gasteiger partial charge in [-0.05, 0) is 31.5 Å². The zero-order valence-electron chi connectivity index (χ0n) is 11.0. The molecule has 0 spiro atoms. The van der Waals surface area contributed by atoms with Gasteiger partial charge in [0.15, 0.2) is 0 Å². The van der Waals surface area contributed by atoms with Gasteiger partial charge in [-0.3, -0.25) is 9.97 Å². The molecule has 1 heterocycles. The first-order valence-corrected chi connectivity index (χ1v) is 6.13. The summed E-state index contributed by atoms with van der Waals surface area (Å²) in [6, 6.07) is 2.89. The zero-order valence-corrected chi connectivity index (χ0v) is 11.0. The van der Waals surface area contributed by atoms with Gasteiger partial charge in [0.1, 0.15) is 5.82 Å². The Bertz CT molecular complexity index is 557. The van der Waals surface area contributed by atoms with Gasteiger partial charge in [-0.25, -0.2) is 4.39 Å². The number of rotatable bonds is 4. The van der Waals surface area contributed by atoms with E-state index in [2.05, 4.69) is 15.3 Å². The lowest BCUT2D eigenvalue weighted by Gasteiger charge is -2.17. The highest BCUT2D eigenvalue weighted by atomic mass is 19.1. The molecule has 1 unspecified atom stereocenters. The van der Waals surface area contributed by atoms with Gasteiger partial charge in [0, 0.05) is 42.4 Å². The number of nitrogens with two attached hydrogens (primary N) is 1. The van der Waals surface area contributed by atoms with Crippen molar-refractivity contribution in [2.24, 2.45) is 0 Å². The van der Waals surface area contributed by atoms with Crippen LogP contribution < -0.4 is 11.1 Å². The lowest BCUT2D eigenvalue weighted by Crippen LogP contribution is -2.19. The van der Waals surface area contributed by atoms with E-state index in [1.165, 1.54) is 12.1 Å². The van der Waals surface area contributed by atoms with Crippen molar-refractivity contribution < 1.29 is 4.39 Å². The van der Waals surface area contributed by atoms with Crippen molar-refractivity contribution in [3.63, 3.8) is 0 Å². The minimum absolute atomic E-state index is 0.108. The van der Waals surface area contributed by atoms with E-state index in [0.717, 1.165) is 11.3 Å². The van der Waals surface area contributed by atoms with Crippen LogP contribution in [0.1, 0.15) is 18.2 Å². The minimum Gasteiger partial charge on any atom is -0.398 e. The Morgan fingerprint density at radius 3 is 2.84 bits per heavy atom. The van der Waals surface area contributed by atoms with Gasteiger partial charge in [-0.15, -0.1) is 0 Å². The normalized spacial score (nSPS) is 12.2. The second-order valence-electron chi connectivity index (χ2n) is 4.61. The molecule has 0 fully saturated rings. The summed E-state index contributed by atoms with van der Waals surface area (Å²) in [5, 5.41) is 3.25.